The molecule has 0 atom stereocenters. The molecule has 24 heavy (non-hydrogen) atoms. The average molecular weight is 344 g/mol. The number of carbonyl (C=O) groups is 2. The van der Waals surface area contributed by atoms with Crippen LogP contribution in [0, 0.1) is 6.92 Å². The van der Waals surface area contributed by atoms with Gasteiger partial charge in [-0.2, -0.15) is 5.10 Å². The van der Waals surface area contributed by atoms with E-state index in [2.05, 4.69) is 15.8 Å². The summed E-state index contributed by atoms with van der Waals surface area (Å²) < 4.78 is 0. The van der Waals surface area contributed by atoms with Crippen molar-refractivity contribution in [2.24, 2.45) is 5.10 Å². The van der Waals surface area contributed by atoms with Crippen LogP contribution in [0.15, 0.2) is 53.6 Å². The number of hydrazone groups is 1. The van der Waals surface area contributed by atoms with Crippen molar-refractivity contribution in [1.82, 2.24) is 5.43 Å². The van der Waals surface area contributed by atoms with E-state index in [0.717, 1.165) is 16.8 Å². The van der Waals surface area contributed by atoms with Crippen LogP contribution in [0.1, 0.15) is 24.0 Å². The number of aryl methyl sites for hydroxylation is 1. The first kappa shape index (κ1) is 17.7. The first-order valence-electron chi connectivity index (χ1n) is 7.47. The predicted octanol–water partition coefficient (Wildman–Crippen LogP) is 3.52. The first-order valence-corrected chi connectivity index (χ1v) is 7.85. The van der Waals surface area contributed by atoms with Crippen LogP contribution in [-0.2, 0) is 9.59 Å². The van der Waals surface area contributed by atoms with Crippen molar-refractivity contribution >= 4 is 35.3 Å². The van der Waals surface area contributed by atoms with Crippen molar-refractivity contribution in [3.63, 3.8) is 0 Å². The van der Waals surface area contributed by atoms with Gasteiger partial charge in [-0.25, -0.2) is 5.43 Å². The Kier molecular flexibility index (Phi) is 6.51. The summed E-state index contributed by atoms with van der Waals surface area (Å²) in [5.41, 5.74) is 4.94. The molecule has 0 heterocycles. The lowest BCUT2D eigenvalue weighted by Gasteiger charge is -2.05. The number of nitrogens with zero attached hydrogens (tertiary/aromatic N) is 1. The molecular weight excluding hydrogens is 326 g/mol. The van der Waals surface area contributed by atoms with Gasteiger partial charge in [0, 0.05) is 23.6 Å². The fourth-order valence-corrected chi connectivity index (χ4v) is 2.19. The largest absolute Gasteiger partial charge is 0.326 e. The van der Waals surface area contributed by atoms with E-state index in [0.29, 0.717) is 5.02 Å². The molecule has 0 aliphatic heterocycles. The summed E-state index contributed by atoms with van der Waals surface area (Å²) in [7, 11) is 0. The Balaban J connectivity index is 1.73. The molecule has 2 N–H and O–H groups in total. The van der Waals surface area contributed by atoms with Crippen molar-refractivity contribution < 1.29 is 9.59 Å². The van der Waals surface area contributed by atoms with E-state index < -0.39 is 0 Å². The molecule has 0 saturated carbocycles. The normalized spacial score (nSPS) is 10.6. The number of rotatable bonds is 6. The van der Waals surface area contributed by atoms with Crippen LogP contribution in [0.3, 0.4) is 0 Å². The monoisotopic (exact) mass is 343 g/mol. The van der Waals surface area contributed by atoms with E-state index >= 15 is 0 Å². The van der Waals surface area contributed by atoms with Gasteiger partial charge >= 0.3 is 0 Å². The van der Waals surface area contributed by atoms with E-state index in [4.69, 9.17) is 11.6 Å². The Hall–Kier alpha value is -2.66. The molecule has 5 nitrogen and oxygen atoms in total. The lowest BCUT2D eigenvalue weighted by molar-refractivity contribution is -0.124. The van der Waals surface area contributed by atoms with Crippen LogP contribution >= 0.6 is 11.6 Å². The quantitative estimate of drug-likeness (QED) is 0.622. The summed E-state index contributed by atoms with van der Waals surface area (Å²) in [6.45, 7) is 1.95. The molecule has 124 valence electrons. The van der Waals surface area contributed by atoms with Crippen LogP contribution in [0.2, 0.25) is 5.02 Å². The van der Waals surface area contributed by atoms with Gasteiger partial charge < -0.3 is 5.32 Å². The highest BCUT2D eigenvalue weighted by Gasteiger charge is 2.06. The molecule has 2 aromatic rings. The minimum Gasteiger partial charge on any atom is -0.326 e. The minimum absolute atomic E-state index is 0.0601. The van der Waals surface area contributed by atoms with Crippen LogP contribution in [-0.4, -0.2) is 18.0 Å². The average Bonchev–Trinajstić information content (AvgIpc) is 2.53. The molecular formula is C18H18ClN3O2. The molecule has 0 saturated heterocycles. The van der Waals surface area contributed by atoms with E-state index in [1.54, 1.807) is 24.3 Å². The minimum atomic E-state index is -0.326. The highest BCUT2D eigenvalue weighted by Crippen LogP contribution is 2.10. The smallest absolute Gasteiger partial charge is 0.240 e. The second-order valence-electron chi connectivity index (χ2n) is 5.27. The van der Waals surface area contributed by atoms with Crippen LogP contribution < -0.4 is 10.7 Å². The summed E-state index contributed by atoms with van der Waals surface area (Å²) in [6, 6.07) is 14.6. The third kappa shape index (κ3) is 6.22. The van der Waals surface area contributed by atoms with Gasteiger partial charge in [-0.05, 0) is 42.3 Å². The number of nitrogens with one attached hydrogen (secondary N) is 2. The molecule has 0 fully saturated rings. The lowest BCUT2D eigenvalue weighted by atomic mass is 10.2. The van der Waals surface area contributed by atoms with Crippen molar-refractivity contribution in [2.75, 3.05) is 5.32 Å². The zero-order valence-electron chi connectivity index (χ0n) is 13.3. The molecule has 0 radical (unpaired) electrons. The van der Waals surface area contributed by atoms with Crippen molar-refractivity contribution in [3.05, 3.63) is 64.7 Å². The third-order valence-electron chi connectivity index (χ3n) is 3.13. The molecule has 2 rings (SSSR count). The molecule has 0 bridgehead atoms. The summed E-state index contributed by atoms with van der Waals surface area (Å²) in [4.78, 5) is 23.5. The summed E-state index contributed by atoms with van der Waals surface area (Å²) in [5.74, 6) is -0.540. The lowest BCUT2D eigenvalue weighted by Crippen LogP contribution is -2.20. The summed E-state index contributed by atoms with van der Waals surface area (Å²) in [6.07, 6.45) is 1.65. The molecule has 0 aromatic heterocycles. The fourth-order valence-electron chi connectivity index (χ4n) is 1.99. The van der Waals surface area contributed by atoms with Gasteiger partial charge in [-0.15, -0.1) is 0 Å². The van der Waals surface area contributed by atoms with Crippen molar-refractivity contribution in [1.29, 1.82) is 0 Å². The van der Waals surface area contributed by atoms with Gasteiger partial charge in [0.25, 0.3) is 0 Å². The molecule has 2 amide bonds. The fraction of sp³-hybridized carbons (Fsp3) is 0.167. The standard InChI is InChI=1S/C18H18ClN3O2/c1-13-4-2-7-16(10-13)21-17(23)8-9-18(24)22-20-12-14-5-3-6-15(19)11-14/h2-7,10-12H,8-9H2,1H3,(H,21,23)(H,22,24)/b20-12+. The first-order chi connectivity index (χ1) is 11.5. The van der Waals surface area contributed by atoms with E-state index in [1.807, 2.05) is 31.2 Å². The molecule has 0 unspecified atom stereocenters. The zero-order chi connectivity index (χ0) is 17.4. The Morgan fingerprint density at radius 2 is 1.83 bits per heavy atom. The Bertz CT molecular complexity index is 759. The number of amides is 2. The maximum absolute atomic E-state index is 11.8. The zero-order valence-corrected chi connectivity index (χ0v) is 14.0. The van der Waals surface area contributed by atoms with E-state index in [-0.39, 0.29) is 24.7 Å². The Morgan fingerprint density at radius 1 is 1.08 bits per heavy atom. The number of carbonyl (C=O) groups excluding carboxylic acids is 2. The second-order valence-corrected chi connectivity index (χ2v) is 5.70. The number of hydrogen-bond acceptors (Lipinski definition) is 3. The highest BCUT2D eigenvalue weighted by molar-refractivity contribution is 6.30. The Morgan fingerprint density at radius 3 is 2.58 bits per heavy atom. The second kappa shape index (κ2) is 8.84. The number of benzene rings is 2. The van der Waals surface area contributed by atoms with E-state index in [9.17, 15) is 9.59 Å². The third-order valence-corrected chi connectivity index (χ3v) is 3.37. The van der Waals surface area contributed by atoms with E-state index in [1.165, 1.54) is 6.21 Å². The number of halogens is 1. The maximum Gasteiger partial charge on any atom is 0.240 e. The van der Waals surface area contributed by atoms with Crippen LogP contribution in [0.4, 0.5) is 5.69 Å². The molecule has 0 aliphatic carbocycles. The molecule has 2 aromatic carbocycles. The molecule has 0 spiro atoms. The van der Waals surface area contributed by atoms with Gasteiger partial charge in [0.1, 0.15) is 0 Å². The molecule has 6 heteroatoms. The summed E-state index contributed by atoms with van der Waals surface area (Å²) >= 11 is 5.85. The maximum atomic E-state index is 11.8. The van der Waals surface area contributed by atoms with Crippen molar-refractivity contribution in [3.8, 4) is 0 Å². The van der Waals surface area contributed by atoms with Crippen molar-refractivity contribution in [2.45, 2.75) is 19.8 Å². The van der Waals surface area contributed by atoms with Gasteiger partial charge in [0.05, 0.1) is 6.21 Å². The SMILES string of the molecule is Cc1cccc(NC(=O)CCC(=O)N/N=C/c2cccc(Cl)c2)c1. The number of anilines is 1. The topological polar surface area (TPSA) is 70.6 Å². The van der Waals surface area contributed by atoms with Gasteiger partial charge in [-0.3, -0.25) is 9.59 Å². The summed E-state index contributed by atoms with van der Waals surface area (Å²) in [5, 5.41) is 7.19. The Labute approximate surface area is 145 Å². The van der Waals surface area contributed by atoms with Crippen LogP contribution in [0.5, 0.6) is 0 Å². The van der Waals surface area contributed by atoms with Gasteiger partial charge in [0.15, 0.2) is 0 Å². The molecule has 0 aliphatic rings. The van der Waals surface area contributed by atoms with Gasteiger partial charge in [0.2, 0.25) is 11.8 Å². The van der Waals surface area contributed by atoms with Crippen LogP contribution in [0.25, 0.3) is 0 Å². The number of hydrogen-bond donors (Lipinski definition) is 2. The van der Waals surface area contributed by atoms with Gasteiger partial charge in [-0.1, -0.05) is 35.9 Å². The predicted molar refractivity (Wildman–Crippen MR) is 96.2 cm³/mol. The highest BCUT2D eigenvalue weighted by atomic mass is 35.5.